The van der Waals surface area contributed by atoms with E-state index in [1.165, 1.54) is 18.4 Å². The van der Waals surface area contributed by atoms with Gasteiger partial charge in [0.1, 0.15) is 5.75 Å². The second-order valence-corrected chi connectivity index (χ2v) is 8.67. The number of hydrogen-bond donors (Lipinski definition) is 1. The van der Waals surface area contributed by atoms with Crippen molar-refractivity contribution >= 4 is 11.6 Å². The number of ether oxygens (including phenoxy) is 3. The Morgan fingerprint density at radius 3 is 2.25 bits per heavy atom. The van der Waals surface area contributed by atoms with E-state index in [4.69, 9.17) is 14.2 Å². The monoisotopic (exact) mass is 438 g/mol. The number of rotatable bonds is 7. The van der Waals surface area contributed by atoms with Crippen LogP contribution in [-0.2, 0) is 0 Å². The summed E-state index contributed by atoms with van der Waals surface area (Å²) in [4.78, 5) is 15.6. The van der Waals surface area contributed by atoms with Crippen LogP contribution in [0, 0.1) is 0 Å². The Kier molecular flexibility index (Phi) is 7.08. The first-order chi connectivity index (χ1) is 15.6. The molecule has 1 saturated heterocycles. The summed E-state index contributed by atoms with van der Waals surface area (Å²) >= 11 is 0. The summed E-state index contributed by atoms with van der Waals surface area (Å²) in [5.41, 5.74) is 2.88. The van der Waals surface area contributed by atoms with Gasteiger partial charge in [0.05, 0.1) is 27.0 Å². The van der Waals surface area contributed by atoms with Gasteiger partial charge >= 0.3 is 0 Å². The van der Waals surface area contributed by atoms with Crippen LogP contribution < -0.4 is 24.4 Å². The van der Waals surface area contributed by atoms with Crippen LogP contribution in [0.15, 0.2) is 36.4 Å². The van der Waals surface area contributed by atoms with E-state index >= 15 is 0 Å². The van der Waals surface area contributed by atoms with Crippen LogP contribution in [0.5, 0.6) is 17.2 Å². The summed E-state index contributed by atoms with van der Waals surface area (Å²) in [5.74, 6) is 2.50. The van der Waals surface area contributed by atoms with E-state index in [0.717, 1.165) is 61.7 Å². The number of hydrogen-bond acceptors (Lipinski definition) is 5. The Balaban J connectivity index is 1.54. The van der Waals surface area contributed by atoms with Crippen molar-refractivity contribution in [3.05, 3.63) is 47.5 Å². The summed E-state index contributed by atoms with van der Waals surface area (Å²) in [6.45, 7) is 2.01. The second kappa shape index (κ2) is 10.2. The molecule has 6 nitrogen and oxygen atoms in total. The molecule has 1 saturated carbocycles. The zero-order chi connectivity index (χ0) is 22.5. The zero-order valence-corrected chi connectivity index (χ0v) is 19.4. The van der Waals surface area contributed by atoms with E-state index in [1.807, 2.05) is 30.3 Å². The fourth-order valence-electron chi connectivity index (χ4n) is 5.07. The minimum atomic E-state index is -0.0227. The third-order valence-electron chi connectivity index (χ3n) is 6.81. The van der Waals surface area contributed by atoms with Gasteiger partial charge in [-0.1, -0.05) is 18.9 Å². The van der Waals surface area contributed by atoms with Crippen LogP contribution in [0.1, 0.15) is 60.4 Å². The molecule has 1 N–H and O–H groups in total. The van der Waals surface area contributed by atoms with Crippen molar-refractivity contribution in [1.82, 2.24) is 5.32 Å². The number of nitrogens with one attached hydrogen (secondary N) is 1. The lowest BCUT2D eigenvalue weighted by Gasteiger charge is -2.33. The maximum Gasteiger partial charge on any atom is 0.251 e. The van der Waals surface area contributed by atoms with Crippen LogP contribution in [0.2, 0.25) is 0 Å². The van der Waals surface area contributed by atoms with E-state index in [9.17, 15) is 4.79 Å². The van der Waals surface area contributed by atoms with Gasteiger partial charge in [-0.3, -0.25) is 4.79 Å². The topological polar surface area (TPSA) is 60.0 Å². The highest BCUT2D eigenvalue weighted by Gasteiger charge is 2.29. The molecule has 2 fully saturated rings. The van der Waals surface area contributed by atoms with Crippen LogP contribution in [-0.4, -0.2) is 46.4 Å². The smallest absolute Gasteiger partial charge is 0.251 e. The minimum Gasteiger partial charge on any atom is -0.495 e. The zero-order valence-electron chi connectivity index (χ0n) is 19.4. The number of methoxy groups -OCH3 is 3. The lowest BCUT2D eigenvalue weighted by molar-refractivity contribution is 0.0920. The van der Waals surface area contributed by atoms with Gasteiger partial charge in [-0.15, -0.1) is 0 Å². The van der Waals surface area contributed by atoms with Crippen LogP contribution in [0.3, 0.4) is 0 Å². The molecule has 1 heterocycles. The molecule has 0 radical (unpaired) electrons. The number of carbonyl (C=O) groups excluding carboxylic acids is 1. The van der Waals surface area contributed by atoms with Crippen molar-refractivity contribution in [2.45, 2.75) is 50.5 Å². The number of benzene rings is 2. The number of amides is 1. The van der Waals surface area contributed by atoms with E-state index in [1.54, 1.807) is 21.3 Å². The predicted octanol–water partition coefficient (Wildman–Crippen LogP) is 4.77. The Bertz CT molecular complexity index is 939. The van der Waals surface area contributed by atoms with Crippen molar-refractivity contribution in [2.24, 2.45) is 0 Å². The molecule has 0 spiro atoms. The predicted molar refractivity (Wildman–Crippen MR) is 126 cm³/mol. The molecule has 2 aliphatic rings. The van der Waals surface area contributed by atoms with Crippen molar-refractivity contribution < 1.29 is 19.0 Å². The van der Waals surface area contributed by atoms with Crippen molar-refractivity contribution in [3.63, 3.8) is 0 Å². The third-order valence-corrected chi connectivity index (χ3v) is 6.81. The third kappa shape index (κ3) is 4.64. The Labute approximate surface area is 190 Å². The van der Waals surface area contributed by atoms with Gasteiger partial charge in [-0.25, -0.2) is 0 Å². The fraction of sp³-hybridized carbons (Fsp3) is 0.500. The molecule has 1 amide bonds. The molecule has 172 valence electrons. The Hall–Kier alpha value is -2.89. The fourth-order valence-corrected chi connectivity index (χ4v) is 5.07. The summed E-state index contributed by atoms with van der Waals surface area (Å²) in [6, 6.07) is 11.9. The minimum absolute atomic E-state index is 0.0227. The number of nitrogens with zero attached hydrogens (tertiary/aromatic N) is 1. The van der Waals surface area contributed by atoms with Gasteiger partial charge in [-0.2, -0.15) is 0 Å². The second-order valence-electron chi connectivity index (χ2n) is 8.67. The maximum atomic E-state index is 13.3. The highest BCUT2D eigenvalue weighted by Crippen LogP contribution is 2.38. The normalized spacial score (nSPS) is 20.7. The van der Waals surface area contributed by atoms with E-state index in [2.05, 4.69) is 16.3 Å². The molecular weight excluding hydrogens is 404 g/mol. The van der Waals surface area contributed by atoms with E-state index in [0.29, 0.717) is 5.56 Å². The Morgan fingerprint density at radius 1 is 0.844 bits per heavy atom. The van der Waals surface area contributed by atoms with Crippen LogP contribution in [0.25, 0.3) is 0 Å². The molecule has 1 aliphatic carbocycles. The molecule has 32 heavy (non-hydrogen) atoms. The van der Waals surface area contributed by atoms with Crippen LogP contribution >= 0.6 is 0 Å². The number of carbonyl (C=O) groups is 1. The molecule has 2 aromatic carbocycles. The van der Waals surface area contributed by atoms with Crippen molar-refractivity contribution in [3.8, 4) is 17.2 Å². The molecule has 4 rings (SSSR count). The van der Waals surface area contributed by atoms with Gasteiger partial charge in [0.15, 0.2) is 11.5 Å². The number of anilines is 1. The molecule has 2 atom stereocenters. The molecule has 0 bridgehead atoms. The largest absolute Gasteiger partial charge is 0.495 e. The standard InChI is InChI=1S/C26H34N2O4/c1-30-23-12-11-19(16-22(23)28-14-6-7-15-28)26(29)27-21-9-5-4-8-20(21)18-10-13-24(31-2)25(17-18)32-3/h10-13,16-17,20-21H,4-9,14-15H2,1-3H3,(H,27,29). The average Bonchev–Trinajstić information content (AvgIpc) is 3.38. The lowest BCUT2D eigenvalue weighted by atomic mass is 9.79. The molecule has 1 aliphatic heterocycles. The van der Waals surface area contributed by atoms with E-state index < -0.39 is 0 Å². The molecule has 2 aromatic rings. The van der Waals surface area contributed by atoms with Crippen molar-refractivity contribution in [1.29, 1.82) is 0 Å². The molecule has 0 aromatic heterocycles. The van der Waals surface area contributed by atoms with Crippen molar-refractivity contribution in [2.75, 3.05) is 39.3 Å². The van der Waals surface area contributed by atoms with Gasteiger partial charge in [0.25, 0.3) is 5.91 Å². The quantitative estimate of drug-likeness (QED) is 0.675. The SMILES string of the molecule is COc1ccc(C2CCCCC2NC(=O)c2ccc(OC)c(N3CCCC3)c2)cc1OC. The Morgan fingerprint density at radius 2 is 1.53 bits per heavy atom. The molecule has 2 unspecified atom stereocenters. The lowest BCUT2D eigenvalue weighted by Crippen LogP contribution is -2.41. The summed E-state index contributed by atoms with van der Waals surface area (Å²) in [5, 5.41) is 3.33. The summed E-state index contributed by atoms with van der Waals surface area (Å²) in [6.07, 6.45) is 6.65. The summed E-state index contributed by atoms with van der Waals surface area (Å²) < 4.78 is 16.5. The highest BCUT2D eigenvalue weighted by atomic mass is 16.5. The maximum absolute atomic E-state index is 13.3. The van der Waals surface area contributed by atoms with Gasteiger partial charge in [-0.05, 0) is 61.6 Å². The first-order valence-corrected chi connectivity index (χ1v) is 11.6. The van der Waals surface area contributed by atoms with Gasteiger partial charge < -0.3 is 24.4 Å². The molecule has 6 heteroatoms. The van der Waals surface area contributed by atoms with E-state index in [-0.39, 0.29) is 17.9 Å². The average molecular weight is 439 g/mol. The highest BCUT2D eigenvalue weighted by molar-refractivity contribution is 5.96. The molecular formula is C26H34N2O4. The summed E-state index contributed by atoms with van der Waals surface area (Å²) in [7, 11) is 4.99. The van der Waals surface area contributed by atoms with Crippen LogP contribution in [0.4, 0.5) is 5.69 Å². The first-order valence-electron chi connectivity index (χ1n) is 11.6. The van der Waals surface area contributed by atoms with Gasteiger partial charge in [0, 0.05) is 30.6 Å². The van der Waals surface area contributed by atoms with Gasteiger partial charge in [0.2, 0.25) is 0 Å². The first kappa shape index (κ1) is 22.3.